The molecular weight excluding hydrogens is 662 g/mol. The van der Waals surface area contributed by atoms with Crippen molar-refractivity contribution >= 4 is 56.9 Å². The number of anilines is 1. The summed E-state index contributed by atoms with van der Waals surface area (Å²) in [7, 11) is 0. The lowest BCUT2D eigenvalue weighted by Gasteiger charge is -2.26. The normalized spacial score (nSPS) is 12.9. The Balaban J connectivity index is 0.00000280. The smallest absolute Gasteiger partial charge is 0.311 e. The molecule has 0 bridgehead atoms. The summed E-state index contributed by atoms with van der Waals surface area (Å²) in [5, 5.41) is 6.95. The number of hydrogen-bond donors (Lipinski definition) is 1. The number of carbonyl (C=O) groups is 3. The molecule has 1 fully saturated rings. The highest BCUT2D eigenvalue weighted by Crippen LogP contribution is 2.37. The fraction of sp³-hybridized carbons (Fsp3) is 0.520. The lowest BCUT2D eigenvalue weighted by Crippen LogP contribution is -3.00. The van der Waals surface area contributed by atoms with Crippen LogP contribution in [0.5, 0.6) is 0 Å². The first-order chi connectivity index (χ1) is 18.2. The van der Waals surface area contributed by atoms with Crippen molar-refractivity contribution < 1.29 is 53.2 Å². The first-order valence-corrected chi connectivity index (χ1v) is 14.9. The highest BCUT2D eigenvalue weighted by atomic mass is 79.9. The quantitative estimate of drug-likeness (QED) is 0.204. The molecule has 0 radical (unpaired) electrons. The molecule has 40 heavy (non-hydrogen) atoms. The van der Waals surface area contributed by atoms with E-state index < -0.39 is 0 Å². The number of ether oxygens (including phenoxy) is 2. The first-order valence-electron chi connectivity index (χ1n) is 12.4. The molecule has 1 N–H and O–H groups in total. The van der Waals surface area contributed by atoms with E-state index in [4.69, 9.17) is 9.47 Å². The molecule has 0 saturated carbocycles. The van der Waals surface area contributed by atoms with E-state index in [0.29, 0.717) is 43.7 Å². The van der Waals surface area contributed by atoms with E-state index in [2.05, 4.69) is 21.8 Å². The number of aromatic nitrogens is 3. The Labute approximate surface area is 262 Å². The van der Waals surface area contributed by atoms with Crippen LogP contribution < -0.4 is 34.7 Å². The third-order valence-electron chi connectivity index (χ3n) is 6.39. The van der Waals surface area contributed by atoms with Crippen LogP contribution in [-0.2, 0) is 43.4 Å². The number of morpholine rings is 1. The van der Waals surface area contributed by atoms with Crippen molar-refractivity contribution in [3.8, 4) is 10.0 Å². The van der Waals surface area contributed by atoms with E-state index in [-0.39, 0.29) is 66.7 Å². The fourth-order valence-corrected chi connectivity index (χ4v) is 7.18. The number of thiazole rings is 3. The summed E-state index contributed by atoms with van der Waals surface area (Å²) in [5.41, 5.74) is 2.61. The maximum absolute atomic E-state index is 13.1. The van der Waals surface area contributed by atoms with Gasteiger partial charge in [0.05, 0.1) is 31.9 Å². The van der Waals surface area contributed by atoms with Crippen molar-refractivity contribution in [1.82, 2.24) is 19.0 Å². The van der Waals surface area contributed by atoms with Gasteiger partial charge >= 0.3 is 5.97 Å². The van der Waals surface area contributed by atoms with Crippen LogP contribution in [0.15, 0.2) is 5.38 Å². The molecule has 0 unspecified atom stereocenters. The molecule has 0 atom stereocenters. The Hall–Kier alpha value is -1.97. The van der Waals surface area contributed by atoms with Gasteiger partial charge in [-0.1, -0.05) is 0 Å². The molecule has 10 nitrogen and oxygen atoms in total. The van der Waals surface area contributed by atoms with Gasteiger partial charge in [0.15, 0.2) is 26.3 Å². The Morgan fingerprint density at radius 3 is 2.17 bits per heavy atom. The minimum atomic E-state index is -0.345. The van der Waals surface area contributed by atoms with Gasteiger partial charge in [0.25, 0.3) is 10.0 Å². The molecule has 0 aromatic carbocycles. The van der Waals surface area contributed by atoms with Gasteiger partial charge < -0.3 is 49.1 Å². The molecule has 1 aliphatic heterocycles. The van der Waals surface area contributed by atoms with Gasteiger partial charge in [0, 0.05) is 68.8 Å². The van der Waals surface area contributed by atoms with Crippen LogP contribution in [0.1, 0.15) is 33.8 Å². The summed E-state index contributed by atoms with van der Waals surface area (Å²) < 4.78 is 14.4. The van der Waals surface area contributed by atoms with Gasteiger partial charge in [-0.15, -0.1) is 11.3 Å². The number of hydrogen-bond acceptors (Lipinski definition) is 9. The van der Waals surface area contributed by atoms with Crippen molar-refractivity contribution in [1.29, 1.82) is 0 Å². The SMILES string of the molecule is CCOC(=O)Cc1csc(NC(=O)Cn2c(C)c(C)s[c+]2-[c+]2sc(C)c(C)n2CC(=O)N2CCOCC2)n1.[Br-].[Cl-]. The Morgan fingerprint density at radius 1 is 1.02 bits per heavy atom. The molecule has 15 heteroatoms. The van der Waals surface area contributed by atoms with Crippen molar-refractivity contribution in [2.75, 3.05) is 38.2 Å². The second kappa shape index (κ2) is 15.3. The first kappa shape index (κ1) is 34.2. The van der Waals surface area contributed by atoms with E-state index in [9.17, 15) is 14.4 Å². The monoisotopic (exact) mass is 693 g/mol. The molecule has 1 saturated heterocycles. The summed E-state index contributed by atoms with van der Waals surface area (Å²) in [4.78, 5) is 46.4. The number of rotatable bonds is 9. The number of nitrogens with zero attached hydrogens (tertiary/aromatic N) is 4. The van der Waals surface area contributed by atoms with Crippen molar-refractivity contribution in [3.63, 3.8) is 0 Å². The average molecular weight is 695 g/mol. The summed E-state index contributed by atoms with van der Waals surface area (Å²) in [5.74, 6) is -0.491. The lowest BCUT2D eigenvalue weighted by molar-refractivity contribution is -0.142. The summed E-state index contributed by atoms with van der Waals surface area (Å²) in [6, 6.07) is 0. The van der Waals surface area contributed by atoms with Gasteiger partial charge in [0.1, 0.15) is 13.1 Å². The largest absolute Gasteiger partial charge is 1.00 e. The van der Waals surface area contributed by atoms with Gasteiger partial charge in [-0.25, -0.2) is 4.98 Å². The summed E-state index contributed by atoms with van der Waals surface area (Å²) in [6.07, 6.45) is 0.0716. The predicted molar refractivity (Wildman–Crippen MR) is 150 cm³/mol. The number of esters is 1. The van der Waals surface area contributed by atoms with Gasteiger partial charge in [-0.2, -0.15) is 9.13 Å². The van der Waals surface area contributed by atoms with Gasteiger partial charge in [0.2, 0.25) is 11.8 Å². The molecule has 3 aromatic heterocycles. The molecule has 4 rings (SSSR count). The Morgan fingerprint density at radius 2 is 1.60 bits per heavy atom. The third kappa shape index (κ3) is 8.07. The van der Waals surface area contributed by atoms with E-state index in [0.717, 1.165) is 31.2 Å². The Kier molecular flexibility index (Phi) is 13.1. The van der Waals surface area contributed by atoms with Crippen molar-refractivity contribution in [3.05, 3.63) is 32.2 Å². The average Bonchev–Trinajstić information content (AvgIpc) is 3.52. The third-order valence-corrected chi connectivity index (χ3v) is 9.74. The molecule has 220 valence electrons. The topological polar surface area (TPSA) is 108 Å². The Bertz CT molecular complexity index is 1350. The van der Waals surface area contributed by atoms with E-state index in [1.54, 1.807) is 35.0 Å². The minimum absolute atomic E-state index is 0. The maximum atomic E-state index is 13.1. The summed E-state index contributed by atoms with van der Waals surface area (Å²) in [6.45, 7) is 12.9. The minimum Gasteiger partial charge on any atom is -1.00 e. The van der Waals surface area contributed by atoms with E-state index in [1.807, 2.05) is 30.2 Å². The number of nitrogens with one attached hydrogen (secondary N) is 1. The standard InChI is InChI=1S/C25H32N5O5S3.BrH.ClH/c1-6-35-22(33)11-19-14-36-25(26-19)27-20(31)12-29-15(2)17(4)37-23(29)24-30(16(3)18(5)38-24)13-21(32)28-7-9-34-10-8-28;;/h14H,6-13H2,1-5H3;2*1H/q+1;;/p-1. The van der Waals surface area contributed by atoms with E-state index in [1.165, 1.54) is 11.3 Å². The molecule has 0 aliphatic carbocycles. The number of halogens is 2. The fourth-order valence-electron chi connectivity index (χ4n) is 4.09. The van der Waals surface area contributed by atoms with Crippen LogP contribution in [0.25, 0.3) is 10.0 Å². The van der Waals surface area contributed by atoms with Crippen LogP contribution >= 0.6 is 34.0 Å². The number of amides is 2. The second-order valence-electron chi connectivity index (χ2n) is 8.94. The van der Waals surface area contributed by atoms with Crippen LogP contribution in [0.4, 0.5) is 5.13 Å². The van der Waals surface area contributed by atoms with Crippen LogP contribution in [0.3, 0.4) is 0 Å². The molecule has 2 amide bonds. The number of carbonyl (C=O) groups excluding carboxylic acids is 3. The molecular formula is C25H33BrClN5O5S3. The highest BCUT2D eigenvalue weighted by Gasteiger charge is 2.35. The maximum Gasteiger partial charge on any atom is 0.311 e. The zero-order valence-corrected chi connectivity index (χ0v) is 27.8. The van der Waals surface area contributed by atoms with E-state index >= 15 is 0 Å². The van der Waals surface area contributed by atoms with Crippen molar-refractivity contribution in [2.24, 2.45) is 0 Å². The van der Waals surface area contributed by atoms with Crippen LogP contribution in [0, 0.1) is 27.7 Å². The number of aryl methyl sites for hydroxylation is 2. The zero-order valence-electron chi connectivity index (χ0n) is 23.0. The van der Waals surface area contributed by atoms with Crippen LogP contribution in [-0.4, -0.2) is 69.7 Å². The van der Waals surface area contributed by atoms with Crippen molar-refractivity contribution in [2.45, 2.75) is 54.1 Å². The van der Waals surface area contributed by atoms with Gasteiger partial charge in [-0.3, -0.25) is 14.4 Å². The highest BCUT2D eigenvalue weighted by molar-refractivity contribution is 7.21. The molecule has 0 spiro atoms. The molecule has 3 aromatic rings. The molecule has 1 aliphatic rings. The van der Waals surface area contributed by atoms with Gasteiger partial charge in [-0.05, 0) is 6.92 Å². The second-order valence-corrected chi connectivity index (χ2v) is 12.2. The zero-order chi connectivity index (χ0) is 27.4. The lowest BCUT2D eigenvalue weighted by atomic mass is 10.3. The summed E-state index contributed by atoms with van der Waals surface area (Å²) >= 11 is 4.53. The molecule has 4 heterocycles. The predicted octanol–water partition coefficient (Wildman–Crippen LogP) is -2.06. The van der Waals surface area contributed by atoms with Crippen LogP contribution in [0.2, 0.25) is 0 Å².